The number of ether oxygens (including phenoxy) is 1. The molecule has 22 atom stereocenters. The predicted octanol–water partition coefficient (Wildman–Crippen LogP) is 10.0. The van der Waals surface area contributed by atoms with E-state index in [2.05, 4.69) is 101 Å². The van der Waals surface area contributed by atoms with E-state index in [9.17, 15) is 40.5 Å². The van der Waals surface area contributed by atoms with Gasteiger partial charge in [-0.25, -0.2) is 9.78 Å². The number of hydrogen-bond donors (Lipinski definition) is 10. The molecule has 2 saturated heterocycles. The Kier molecular flexibility index (Phi) is 13.8. The number of allylic oxidation sites excluding steroid dienone is 3. The number of benzene rings is 4. The number of carbonyl (C=O) groups excluding carboxylic acids is 1. The van der Waals surface area contributed by atoms with Crippen LogP contribution < -0.4 is 20.8 Å². The number of nitrogens with one attached hydrogen (secondary N) is 3. The molecule has 3 saturated carbocycles. The van der Waals surface area contributed by atoms with Gasteiger partial charge in [-0.05, 0) is 200 Å². The third-order valence-corrected chi connectivity index (χ3v) is 27.7. The van der Waals surface area contributed by atoms with Gasteiger partial charge in [0.1, 0.15) is 59.1 Å². The molecule has 0 radical (unpaired) electrons. The van der Waals surface area contributed by atoms with Crippen molar-refractivity contribution in [1.82, 2.24) is 20.2 Å². The Balaban J connectivity index is 0.922. The Hall–Kier alpha value is -7.32. The second-order valence-corrected chi connectivity index (χ2v) is 32.3. The van der Waals surface area contributed by atoms with E-state index in [-0.39, 0.29) is 76.2 Å². The van der Waals surface area contributed by atoms with E-state index in [1.165, 1.54) is 35.4 Å². The molecule has 12 aliphatic carbocycles. The van der Waals surface area contributed by atoms with Gasteiger partial charge in [-0.1, -0.05) is 87.1 Å². The molecule has 1 amide bonds. The van der Waals surface area contributed by atoms with E-state index in [1.54, 1.807) is 18.2 Å². The Morgan fingerprint density at radius 3 is 2.47 bits per heavy atom. The fraction of sp³-hybridized carbons (Fsp3) is 0.506. The summed E-state index contributed by atoms with van der Waals surface area (Å²) in [5.41, 5.74) is 2.26. The van der Waals surface area contributed by atoms with Crippen molar-refractivity contribution in [3.05, 3.63) is 177 Å². The van der Waals surface area contributed by atoms with E-state index in [1.807, 2.05) is 19.1 Å². The number of hydrogen-bond acceptors (Lipinski definition) is 14. The maximum Gasteiger partial charge on any atom is 0.226 e. The van der Waals surface area contributed by atoms with Gasteiger partial charge in [-0.15, -0.1) is 0 Å². The molecule has 98 heavy (non-hydrogen) atoms. The van der Waals surface area contributed by atoms with E-state index in [4.69, 9.17) is 18.9 Å². The zero-order chi connectivity index (χ0) is 66.8. The largest absolute Gasteiger partial charge is 0.508 e. The molecule has 4 spiro atoms. The third-order valence-electron chi connectivity index (χ3n) is 27.7. The number of H-pyrrole nitrogens is 1. The first-order valence-electron chi connectivity index (χ1n) is 36.5. The molecular weight excluding hydrogens is 1240 g/mol. The van der Waals surface area contributed by atoms with Crippen LogP contribution in [-0.4, -0.2) is 118 Å². The van der Waals surface area contributed by atoms with Crippen molar-refractivity contribution in [2.24, 2.45) is 70.0 Å². The number of aromatic hydroxyl groups is 2. The topological polar surface area (TPSA) is 261 Å². The van der Waals surface area contributed by atoms with Crippen LogP contribution in [0.15, 0.2) is 136 Å². The van der Waals surface area contributed by atoms with Gasteiger partial charge in [-0.3, -0.25) is 9.59 Å². The van der Waals surface area contributed by atoms with Crippen molar-refractivity contribution in [2.75, 3.05) is 13.2 Å². The summed E-state index contributed by atoms with van der Waals surface area (Å²) < 4.78 is 17.9. The number of aliphatic hydroxyl groups is 5. The number of aromatic amines is 1. The second-order valence-electron chi connectivity index (χ2n) is 32.3. The number of phenolic OH excluding ortho intramolecular Hbond substituents is 2. The highest BCUT2D eigenvalue weighted by Gasteiger charge is 2.75. The monoisotopic (exact) mass is 1320 g/mol. The lowest BCUT2D eigenvalue weighted by Crippen LogP contribution is -2.79. The smallest absolute Gasteiger partial charge is 0.226 e. The van der Waals surface area contributed by atoms with Crippen LogP contribution in [0.5, 0.6) is 17.2 Å². The van der Waals surface area contributed by atoms with E-state index < -0.39 is 77.5 Å². The van der Waals surface area contributed by atoms with Gasteiger partial charge in [-0.2, -0.15) is 0 Å². The molecule has 21 aliphatic rings. The number of carbonyl (C=O) groups is 1. The van der Waals surface area contributed by atoms with E-state index in [0.29, 0.717) is 93.6 Å². The quantitative estimate of drug-likeness (QED) is 0.0477. The Morgan fingerprint density at radius 2 is 1.67 bits per heavy atom. The van der Waals surface area contributed by atoms with Crippen LogP contribution in [0.4, 0.5) is 0 Å². The molecule has 17 heteroatoms. The molecule has 3 aromatic heterocycles. The summed E-state index contributed by atoms with van der Waals surface area (Å²) in [6.07, 6.45) is 19.2. The molecule has 28 rings (SSSR count). The summed E-state index contributed by atoms with van der Waals surface area (Å²) in [5.74, 6) is 1.00. The highest BCUT2D eigenvalue weighted by Crippen LogP contribution is 2.70. The molecule has 0 unspecified atom stereocenters. The molecule has 12 heterocycles. The van der Waals surface area contributed by atoms with Crippen LogP contribution in [0.2, 0.25) is 0 Å². The molecule has 510 valence electrons. The van der Waals surface area contributed by atoms with Crippen molar-refractivity contribution in [3.8, 4) is 22.9 Å². The first kappa shape index (κ1) is 61.7. The molecule has 9 aliphatic heterocycles. The van der Waals surface area contributed by atoms with Crippen molar-refractivity contribution in [2.45, 2.75) is 170 Å². The van der Waals surface area contributed by atoms with Crippen LogP contribution in [0.3, 0.4) is 0 Å². The van der Waals surface area contributed by atoms with E-state index in [0.717, 1.165) is 85.7 Å². The van der Waals surface area contributed by atoms with Crippen LogP contribution in [0.1, 0.15) is 117 Å². The molecular formula is C81H88N4O13. The Labute approximate surface area is 568 Å². The zero-order valence-electron chi connectivity index (χ0n) is 55.7. The minimum atomic E-state index is -2.63. The SMILES string of the molecule is CCc1c2cc3[nH]c2cn1-c1c2c(cc4c(=O)cc(C)oc14)C[C@H]1OO[C@@H]([C@@](O)(Cc4ccc(O)c5ccc(O)cc45)[C@@H](O)[C@H](O)[C@H](O)CO)/C=C\C4=C[C@@H]5[C@@H]6C=C[C@H]([C@@]47N[C@H]4C[C@@H](CC)[C@H]8CC[C@@H]7[C@@H](Cc7ccc(cc7)C[C@@H]7C[C@]9(C=C[C@H]3CC9)C[C@]3(C7)C(=O)NC[C@@H]63)[C@H]84)[C@@]51O2. The predicted molar refractivity (Wildman–Crippen MR) is 367 cm³/mol. The number of aliphatic hydroxyl groups excluding tert-OH is 4. The number of aromatic nitrogens is 2. The minimum absolute atomic E-state index is 0.0344. The standard InChI is InChI=1S/C81H88N4O13/c1-4-44-28-61-70-50(44)14-16-57-54(70)26-42-8-6-41(7-9-42)25-43-33-77-22-20-45(21-23-77)60-32-55-62(83-60)37-85(63(55)5-2)71-73-47(27-56-65(89)24-40(3)95-74(56)71)29-69-81(96-73)58-30-48(80(57,84-61)67(81)18-15-52(58)59-36-82-76(93)78(59,34-43)39-77)11-19-68(97-98-69)79(94,75(92)72(91)66(90)38-86)35-46-10-17-64(88)51-13-12-49(87)31-53(46)51/h6-13,15,17-20,22,24,27,30-32,37,43-45,50,52,54,57-59,61,66-70,72,75,83-84,86-88,90-92,94H,4-5,14,16,21,23,25-26,28-29,33-36,38-39H2,1-3H3,(H,82,93)/b19-11-/t43-,44-,45+,50-,52+,54-,57-,58-,59+,61+,66-,67-,68-,69-,70+,72-,75+,77-,78+,79+,80-,81+/m1/s1. The highest BCUT2D eigenvalue weighted by atomic mass is 17.2. The minimum Gasteiger partial charge on any atom is -0.508 e. The number of piperidine rings is 1. The summed E-state index contributed by atoms with van der Waals surface area (Å²) in [7, 11) is 0. The summed E-state index contributed by atoms with van der Waals surface area (Å²) in [5, 5.41) is 93.4. The fourth-order valence-electron chi connectivity index (χ4n) is 23.8. The number of phenols is 2. The maximum absolute atomic E-state index is 16.0. The number of rotatable bonds is 9. The maximum atomic E-state index is 16.0. The average molecular weight is 1330 g/mol. The Morgan fingerprint density at radius 1 is 0.837 bits per heavy atom. The molecule has 20 bridgehead atoms. The van der Waals surface area contributed by atoms with Crippen LogP contribution >= 0.6 is 0 Å². The van der Waals surface area contributed by atoms with Gasteiger partial charge in [0.2, 0.25) is 5.91 Å². The normalized spacial score (nSPS) is 37.6. The third kappa shape index (κ3) is 8.53. The number of aryl methyl sites for hydroxylation is 2. The molecule has 17 nitrogen and oxygen atoms in total. The fourth-order valence-corrected chi connectivity index (χ4v) is 23.8. The Bertz CT molecular complexity index is 4680. The molecule has 10 N–H and O–H groups in total. The first-order valence-corrected chi connectivity index (χ1v) is 36.5. The highest BCUT2D eigenvalue weighted by molar-refractivity contribution is 5.94. The number of nitrogens with zero attached hydrogens (tertiary/aromatic N) is 1. The van der Waals surface area contributed by atoms with Crippen molar-refractivity contribution in [1.29, 1.82) is 0 Å². The van der Waals surface area contributed by atoms with Gasteiger partial charge < -0.3 is 65.1 Å². The lowest BCUT2D eigenvalue weighted by molar-refractivity contribution is -0.400. The zero-order valence-corrected chi connectivity index (χ0v) is 55.7. The second kappa shape index (κ2) is 21.8. The van der Waals surface area contributed by atoms with Crippen molar-refractivity contribution >= 4 is 38.6 Å². The molecule has 5 fully saturated rings. The van der Waals surface area contributed by atoms with Crippen LogP contribution in [0.25, 0.3) is 38.3 Å². The summed E-state index contributed by atoms with van der Waals surface area (Å²) in [6.45, 7) is 5.81. The van der Waals surface area contributed by atoms with Gasteiger partial charge >= 0.3 is 0 Å². The summed E-state index contributed by atoms with van der Waals surface area (Å²) >= 11 is 0. The molecule has 7 aromatic rings. The van der Waals surface area contributed by atoms with Gasteiger partial charge in [0.05, 0.1) is 28.5 Å². The van der Waals surface area contributed by atoms with Gasteiger partial charge in [0.15, 0.2) is 22.4 Å². The average Bonchev–Trinajstić information content (AvgIpc) is 0.958. The molecule has 4 aromatic carbocycles. The summed E-state index contributed by atoms with van der Waals surface area (Å²) in [6, 6.07) is 22.8. The number of amides is 1. The first-order chi connectivity index (χ1) is 47.4. The van der Waals surface area contributed by atoms with Crippen molar-refractivity contribution in [3.63, 3.8) is 0 Å². The lowest BCUT2D eigenvalue weighted by Gasteiger charge is -2.69. The van der Waals surface area contributed by atoms with Crippen LogP contribution in [-0.2, 0) is 46.7 Å². The van der Waals surface area contributed by atoms with Gasteiger partial charge in [0.25, 0.3) is 0 Å². The number of fused-ring (bicyclic) bond motifs is 5. The van der Waals surface area contributed by atoms with Crippen LogP contribution in [0, 0.1) is 76.9 Å². The lowest BCUT2D eigenvalue weighted by atomic mass is 9.42. The summed E-state index contributed by atoms with van der Waals surface area (Å²) in [4.78, 5) is 49.3. The van der Waals surface area contributed by atoms with Gasteiger partial charge in [0, 0.05) is 83.2 Å². The van der Waals surface area contributed by atoms with Crippen molar-refractivity contribution < 1.29 is 59.5 Å². The van der Waals surface area contributed by atoms with E-state index >= 15 is 4.79 Å².